The van der Waals surface area contributed by atoms with Crippen LogP contribution in [0.15, 0.2) is 60.8 Å². The zero-order valence-electron chi connectivity index (χ0n) is 18.0. The SMILES string of the molecule is COc1cc(-c2nc(Cc3ccc4cn[nH]c4c3)c3ccccc3n2)cc(OC)c1OC. The highest BCUT2D eigenvalue weighted by atomic mass is 16.5. The van der Waals surface area contributed by atoms with Crippen molar-refractivity contribution in [2.75, 3.05) is 21.3 Å². The van der Waals surface area contributed by atoms with Crippen LogP contribution >= 0.6 is 0 Å². The number of para-hydroxylation sites is 1. The Hall–Kier alpha value is -4.13. The highest BCUT2D eigenvalue weighted by Gasteiger charge is 2.17. The number of rotatable bonds is 6. The number of fused-ring (bicyclic) bond motifs is 2. The molecule has 0 fully saturated rings. The van der Waals surface area contributed by atoms with Crippen molar-refractivity contribution in [1.82, 2.24) is 20.2 Å². The lowest BCUT2D eigenvalue weighted by atomic mass is 10.0. The van der Waals surface area contributed by atoms with Gasteiger partial charge < -0.3 is 14.2 Å². The van der Waals surface area contributed by atoms with E-state index in [4.69, 9.17) is 24.2 Å². The molecule has 0 amide bonds. The molecular formula is C25H22N4O3. The standard InChI is InChI=1S/C25H22N4O3/c1-30-22-12-17(13-23(31-2)24(22)32-3)25-27-19-7-5-4-6-18(19)21(28-25)11-15-8-9-16-14-26-29-20(16)10-15/h4-10,12-14H,11H2,1-3H3,(H,26,29). The zero-order valence-corrected chi connectivity index (χ0v) is 18.0. The third-order valence-electron chi connectivity index (χ3n) is 5.48. The van der Waals surface area contributed by atoms with Crippen LogP contribution in [0.5, 0.6) is 17.2 Å². The molecule has 0 bridgehead atoms. The van der Waals surface area contributed by atoms with Crippen LogP contribution in [0.3, 0.4) is 0 Å². The van der Waals surface area contributed by atoms with Crippen molar-refractivity contribution in [3.05, 3.63) is 72.1 Å². The van der Waals surface area contributed by atoms with Crippen molar-refractivity contribution in [3.8, 4) is 28.6 Å². The molecule has 160 valence electrons. The number of aromatic amines is 1. The summed E-state index contributed by atoms with van der Waals surface area (Å²) in [5.74, 6) is 2.25. The molecule has 0 atom stereocenters. The van der Waals surface area contributed by atoms with E-state index in [1.807, 2.05) is 36.5 Å². The molecule has 1 N–H and O–H groups in total. The number of H-pyrrole nitrogens is 1. The summed E-state index contributed by atoms with van der Waals surface area (Å²) in [6, 6.07) is 18.1. The van der Waals surface area contributed by atoms with Gasteiger partial charge in [0.25, 0.3) is 0 Å². The first kappa shape index (κ1) is 19.8. The normalized spacial score (nSPS) is 11.1. The number of nitrogens with zero attached hydrogens (tertiary/aromatic N) is 3. The molecule has 32 heavy (non-hydrogen) atoms. The van der Waals surface area contributed by atoms with Gasteiger partial charge in [0.05, 0.1) is 44.3 Å². The average molecular weight is 426 g/mol. The van der Waals surface area contributed by atoms with E-state index in [2.05, 4.69) is 34.5 Å². The van der Waals surface area contributed by atoms with Gasteiger partial charge in [0.15, 0.2) is 17.3 Å². The minimum atomic E-state index is 0.535. The molecule has 7 nitrogen and oxygen atoms in total. The minimum Gasteiger partial charge on any atom is -0.493 e. The van der Waals surface area contributed by atoms with Crippen LogP contribution < -0.4 is 14.2 Å². The fraction of sp³-hybridized carbons (Fsp3) is 0.160. The van der Waals surface area contributed by atoms with E-state index in [-0.39, 0.29) is 0 Å². The molecule has 0 spiro atoms. The molecule has 0 aliphatic heterocycles. The summed E-state index contributed by atoms with van der Waals surface area (Å²) in [5, 5.41) is 9.25. The summed E-state index contributed by atoms with van der Waals surface area (Å²) >= 11 is 0. The number of hydrogen-bond donors (Lipinski definition) is 1. The maximum atomic E-state index is 5.52. The van der Waals surface area contributed by atoms with Gasteiger partial charge in [-0.25, -0.2) is 9.97 Å². The van der Waals surface area contributed by atoms with E-state index in [9.17, 15) is 0 Å². The summed E-state index contributed by atoms with van der Waals surface area (Å²) in [6.45, 7) is 0. The van der Waals surface area contributed by atoms with E-state index in [1.54, 1.807) is 21.3 Å². The van der Waals surface area contributed by atoms with Gasteiger partial charge in [0.1, 0.15) is 0 Å². The van der Waals surface area contributed by atoms with Gasteiger partial charge in [-0.3, -0.25) is 5.10 Å². The summed E-state index contributed by atoms with van der Waals surface area (Å²) in [5.41, 5.74) is 4.75. The first-order valence-electron chi connectivity index (χ1n) is 10.2. The van der Waals surface area contributed by atoms with Crippen LogP contribution in [0.4, 0.5) is 0 Å². The number of benzene rings is 3. The smallest absolute Gasteiger partial charge is 0.203 e. The van der Waals surface area contributed by atoms with Gasteiger partial charge in [-0.05, 0) is 29.8 Å². The second kappa shape index (κ2) is 8.19. The predicted molar refractivity (Wildman–Crippen MR) is 124 cm³/mol. The summed E-state index contributed by atoms with van der Waals surface area (Å²) in [6.07, 6.45) is 2.48. The van der Waals surface area contributed by atoms with Crippen molar-refractivity contribution in [2.24, 2.45) is 0 Å². The number of nitrogens with one attached hydrogen (secondary N) is 1. The Morgan fingerprint density at radius 1 is 0.844 bits per heavy atom. The largest absolute Gasteiger partial charge is 0.493 e. The lowest BCUT2D eigenvalue weighted by molar-refractivity contribution is 0.324. The van der Waals surface area contributed by atoms with E-state index in [0.717, 1.165) is 38.6 Å². The molecule has 0 saturated heterocycles. The van der Waals surface area contributed by atoms with Crippen molar-refractivity contribution in [3.63, 3.8) is 0 Å². The molecule has 2 aromatic heterocycles. The Bertz CT molecular complexity index is 1400. The van der Waals surface area contributed by atoms with Crippen molar-refractivity contribution in [2.45, 2.75) is 6.42 Å². The van der Waals surface area contributed by atoms with E-state index in [0.29, 0.717) is 29.5 Å². The van der Waals surface area contributed by atoms with Gasteiger partial charge in [0, 0.05) is 22.8 Å². The summed E-state index contributed by atoms with van der Waals surface area (Å²) in [4.78, 5) is 9.77. The molecule has 7 heteroatoms. The van der Waals surface area contributed by atoms with Gasteiger partial charge in [0.2, 0.25) is 5.75 Å². The Morgan fingerprint density at radius 3 is 2.38 bits per heavy atom. The molecule has 0 aliphatic rings. The topological polar surface area (TPSA) is 82.2 Å². The molecule has 0 saturated carbocycles. The quantitative estimate of drug-likeness (QED) is 0.420. The zero-order chi connectivity index (χ0) is 22.1. The third kappa shape index (κ3) is 3.47. The molecular weight excluding hydrogens is 404 g/mol. The molecule has 2 heterocycles. The third-order valence-corrected chi connectivity index (χ3v) is 5.48. The van der Waals surface area contributed by atoms with Gasteiger partial charge >= 0.3 is 0 Å². The molecule has 0 unspecified atom stereocenters. The van der Waals surface area contributed by atoms with Gasteiger partial charge in [-0.15, -0.1) is 0 Å². The fourth-order valence-electron chi connectivity index (χ4n) is 3.90. The molecule has 5 rings (SSSR count). The number of methoxy groups -OCH3 is 3. The van der Waals surface area contributed by atoms with Crippen LogP contribution in [0, 0.1) is 0 Å². The van der Waals surface area contributed by atoms with Crippen LogP contribution in [0.2, 0.25) is 0 Å². The van der Waals surface area contributed by atoms with Gasteiger partial charge in [-0.2, -0.15) is 5.10 Å². The monoisotopic (exact) mass is 426 g/mol. The lowest BCUT2D eigenvalue weighted by Crippen LogP contribution is -2.01. The Labute approximate surface area is 185 Å². The second-order valence-electron chi connectivity index (χ2n) is 7.39. The maximum absolute atomic E-state index is 5.52. The highest BCUT2D eigenvalue weighted by Crippen LogP contribution is 2.40. The lowest BCUT2D eigenvalue weighted by Gasteiger charge is -2.14. The maximum Gasteiger partial charge on any atom is 0.203 e. The van der Waals surface area contributed by atoms with Crippen LogP contribution in [-0.2, 0) is 6.42 Å². The Morgan fingerprint density at radius 2 is 1.62 bits per heavy atom. The molecule has 0 radical (unpaired) electrons. The van der Waals surface area contributed by atoms with Crippen LogP contribution in [0.25, 0.3) is 33.2 Å². The van der Waals surface area contributed by atoms with Crippen molar-refractivity contribution < 1.29 is 14.2 Å². The number of aromatic nitrogens is 4. The van der Waals surface area contributed by atoms with E-state index >= 15 is 0 Å². The Kier molecular flexibility index (Phi) is 5.07. The predicted octanol–water partition coefficient (Wildman–Crippen LogP) is 4.79. The summed E-state index contributed by atoms with van der Waals surface area (Å²) in [7, 11) is 4.78. The van der Waals surface area contributed by atoms with E-state index < -0.39 is 0 Å². The van der Waals surface area contributed by atoms with Crippen LogP contribution in [-0.4, -0.2) is 41.5 Å². The van der Waals surface area contributed by atoms with Crippen molar-refractivity contribution >= 4 is 21.8 Å². The highest BCUT2D eigenvalue weighted by molar-refractivity contribution is 5.84. The number of ether oxygens (including phenoxy) is 3. The first-order chi connectivity index (χ1) is 15.7. The van der Waals surface area contributed by atoms with Gasteiger partial charge in [-0.1, -0.05) is 30.3 Å². The van der Waals surface area contributed by atoms with Crippen LogP contribution in [0.1, 0.15) is 11.3 Å². The molecule has 5 aromatic rings. The minimum absolute atomic E-state index is 0.535. The van der Waals surface area contributed by atoms with E-state index in [1.165, 1.54) is 0 Å². The van der Waals surface area contributed by atoms with Crippen molar-refractivity contribution in [1.29, 1.82) is 0 Å². The fourth-order valence-corrected chi connectivity index (χ4v) is 3.90. The molecule has 0 aliphatic carbocycles. The average Bonchev–Trinajstić information content (AvgIpc) is 3.31. The molecule has 3 aromatic carbocycles. The summed E-state index contributed by atoms with van der Waals surface area (Å²) < 4.78 is 16.5. The Balaban J connectivity index is 1.65. The second-order valence-corrected chi connectivity index (χ2v) is 7.39. The first-order valence-corrected chi connectivity index (χ1v) is 10.2. The number of hydrogen-bond acceptors (Lipinski definition) is 6.